The van der Waals surface area contributed by atoms with Crippen LogP contribution >= 0.6 is 0 Å². The van der Waals surface area contributed by atoms with Crippen molar-refractivity contribution in [2.75, 3.05) is 0 Å². The van der Waals surface area contributed by atoms with Gasteiger partial charge in [-0.25, -0.2) is 0 Å². The summed E-state index contributed by atoms with van der Waals surface area (Å²) in [6.45, 7) is 5.38. The summed E-state index contributed by atoms with van der Waals surface area (Å²) in [6.07, 6.45) is 2.38. The molecule has 66 valence electrons. The third kappa shape index (κ3) is 4.14. The van der Waals surface area contributed by atoms with Gasteiger partial charge in [0.25, 0.3) is 0 Å². The number of carbonyl (C=O) groups excluding carboxylic acids is 1. The van der Waals surface area contributed by atoms with Crippen molar-refractivity contribution in [3.05, 3.63) is 0 Å². The Hall–Kier alpha value is -0.370. The first-order valence-electron chi connectivity index (χ1n) is 4.28. The third-order valence-electron chi connectivity index (χ3n) is 2.07. The molecule has 2 nitrogen and oxygen atoms in total. The molecule has 0 aromatic heterocycles. The second-order valence-corrected chi connectivity index (χ2v) is 3.11. The fraction of sp³-hybridized carbons (Fsp3) is 0.889. The average molecular weight is 158 g/mol. The van der Waals surface area contributed by atoms with Gasteiger partial charge in [-0.1, -0.05) is 26.7 Å². The first-order chi connectivity index (χ1) is 5.09. The highest BCUT2D eigenvalue weighted by Gasteiger charge is 2.17. The molecule has 0 unspecified atom stereocenters. The number of hydrogen-bond donors (Lipinski definition) is 1. The lowest BCUT2D eigenvalue weighted by Crippen LogP contribution is -2.23. The Morgan fingerprint density at radius 1 is 1.55 bits per heavy atom. The van der Waals surface area contributed by atoms with Gasteiger partial charge in [0, 0.05) is 5.92 Å². The van der Waals surface area contributed by atoms with Crippen molar-refractivity contribution in [2.24, 2.45) is 5.92 Å². The molecule has 0 aromatic rings. The summed E-state index contributed by atoms with van der Waals surface area (Å²) < 4.78 is 0. The standard InChI is InChI=1S/C9H18O2/c1-4-5-6-9(11)7(2)8(3)10/h7,9,11H,4-6H2,1-3H3/t7-,9-/m1/s1. The lowest BCUT2D eigenvalue weighted by atomic mass is 9.96. The smallest absolute Gasteiger partial charge is 0.135 e. The number of carbonyl (C=O) groups is 1. The fourth-order valence-electron chi connectivity index (χ4n) is 0.934. The first kappa shape index (κ1) is 10.6. The van der Waals surface area contributed by atoms with E-state index in [-0.39, 0.29) is 11.7 Å². The zero-order valence-corrected chi connectivity index (χ0v) is 7.63. The van der Waals surface area contributed by atoms with Crippen LogP contribution in [-0.2, 0) is 4.79 Å². The highest BCUT2D eigenvalue weighted by Crippen LogP contribution is 2.10. The Morgan fingerprint density at radius 3 is 2.45 bits per heavy atom. The van der Waals surface area contributed by atoms with Crippen LogP contribution < -0.4 is 0 Å². The van der Waals surface area contributed by atoms with Crippen LogP contribution in [0.4, 0.5) is 0 Å². The number of ketones is 1. The largest absolute Gasteiger partial charge is 0.392 e. The molecule has 0 bridgehead atoms. The summed E-state index contributed by atoms with van der Waals surface area (Å²) in [7, 11) is 0. The maximum Gasteiger partial charge on any atom is 0.135 e. The molecule has 0 saturated heterocycles. The maximum atomic E-state index is 10.8. The number of hydrogen-bond acceptors (Lipinski definition) is 2. The van der Waals surface area contributed by atoms with Crippen molar-refractivity contribution in [3.8, 4) is 0 Å². The molecular weight excluding hydrogens is 140 g/mol. The van der Waals surface area contributed by atoms with E-state index in [2.05, 4.69) is 6.92 Å². The van der Waals surface area contributed by atoms with E-state index >= 15 is 0 Å². The van der Waals surface area contributed by atoms with Crippen LogP contribution in [0.5, 0.6) is 0 Å². The number of aliphatic hydroxyl groups is 1. The molecule has 0 amide bonds. The van der Waals surface area contributed by atoms with E-state index in [4.69, 9.17) is 0 Å². The number of unbranched alkanes of at least 4 members (excludes halogenated alkanes) is 1. The van der Waals surface area contributed by atoms with E-state index in [9.17, 15) is 9.90 Å². The van der Waals surface area contributed by atoms with E-state index in [0.717, 1.165) is 19.3 Å². The first-order valence-corrected chi connectivity index (χ1v) is 4.28. The van der Waals surface area contributed by atoms with E-state index in [1.165, 1.54) is 6.92 Å². The predicted molar refractivity (Wildman–Crippen MR) is 45.4 cm³/mol. The molecule has 0 fully saturated rings. The molecule has 0 aromatic carbocycles. The summed E-state index contributed by atoms with van der Waals surface area (Å²) in [5, 5.41) is 9.40. The fourth-order valence-corrected chi connectivity index (χ4v) is 0.934. The van der Waals surface area contributed by atoms with E-state index in [1.807, 2.05) is 0 Å². The van der Waals surface area contributed by atoms with E-state index in [0.29, 0.717) is 0 Å². The zero-order valence-electron chi connectivity index (χ0n) is 7.63. The van der Waals surface area contributed by atoms with Crippen LogP contribution in [0, 0.1) is 5.92 Å². The minimum atomic E-state index is -0.438. The lowest BCUT2D eigenvalue weighted by Gasteiger charge is -2.14. The van der Waals surface area contributed by atoms with Gasteiger partial charge in [0.05, 0.1) is 6.10 Å². The summed E-state index contributed by atoms with van der Waals surface area (Å²) in [5.74, 6) is -0.116. The zero-order chi connectivity index (χ0) is 8.85. The Morgan fingerprint density at radius 2 is 2.09 bits per heavy atom. The molecule has 0 rings (SSSR count). The topological polar surface area (TPSA) is 37.3 Å². The summed E-state index contributed by atoms with van der Waals surface area (Å²) in [4.78, 5) is 10.8. The van der Waals surface area contributed by atoms with Crippen molar-refractivity contribution in [1.29, 1.82) is 0 Å². The van der Waals surface area contributed by atoms with Crippen molar-refractivity contribution >= 4 is 5.78 Å². The minimum absolute atomic E-state index is 0.0774. The molecular formula is C9H18O2. The molecule has 0 saturated carbocycles. The minimum Gasteiger partial charge on any atom is -0.392 e. The van der Waals surface area contributed by atoms with Crippen molar-refractivity contribution in [2.45, 2.75) is 46.1 Å². The molecule has 2 heteroatoms. The Bertz CT molecular complexity index is 121. The highest BCUT2D eigenvalue weighted by molar-refractivity contribution is 5.78. The summed E-state index contributed by atoms with van der Waals surface area (Å²) in [5.41, 5.74) is 0. The Kier molecular flexibility index (Phi) is 5.12. The van der Waals surface area contributed by atoms with Gasteiger partial charge in [-0.05, 0) is 13.3 Å². The van der Waals surface area contributed by atoms with Gasteiger partial charge in [0.2, 0.25) is 0 Å². The van der Waals surface area contributed by atoms with Gasteiger partial charge >= 0.3 is 0 Å². The normalized spacial score (nSPS) is 16.0. The summed E-state index contributed by atoms with van der Waals surface area (Å²) >= 11 is 0. The molecule has 0 spiro atoms. The molecule has 0 radical (unpaired) electrons. The van der Waals surface area contributed by atoms with Crippen molar-refractivity contribution < 1.29 is 9.90 Å². The number of aliphatic hydroxyl groups excluding tert-OH is 1. The molecule has 0 heterocycles. The predicted octanol–water partition coefficient (Wildman–Crippen LogP) is 1.76. The van der Waals surface area contributed by atoms with Gasteiger partial charge in [0.15, 0.2) is 0 Å². The highest BCUT2D eigenvalue weighted by atomic mass is 16.3. The van der Waals surface area contributed by atoms with Crippen LogP contribution in [-0.4, -0.2) is 17.0 Å². The number of Topliss-reactive ketones (excluding diaryl/α,β-unsaturated/α-hetero) is 1. The van der Waals surface area contributed by atoms with E-state index < -0.39 is 6.10 Å². The van der Waals surface area contributed by atoms with E-state index in [1.54, 1.807) is 6.92 Å². The Labute approximate surface area is 68.6 Å². The second-order valence-electron chi connectivity index (χ2n) is 3.11. The molecule has 0 aliphatic rings. The van der Waals surface area contributed by atoms with Crippen LogP contribution in [0.1, 0.15) is 40.0 Å². The van der Waals surface area contributed by atoms with Gasteiger partial charge in [-0.15, -0.1) is 0 Å². The van der Waals surface area contributed by atoms with Crippen LogP contribution in [0.15, 0.2) is 0 Å². The SMILES string of the molecule is CCCC[C@@H](O)[C@H](C)C(C)=O. The third-order valence-corrected chi connectivity index (χ3v) is 2.07. The van der Waals surface area contributed by atoms with Gasteiger partial charge in [-0.2, -0.15) is 0 Å². The molecule has 0 aliphatic heterocycles. The Balaban J connectivity index is 3.63. The summed E-state index contributed by atoms with van der Waals surface area (Å²) in [6, 6.07) is 0. The molecule has 0 aliphatic carbocycles. The second kappa shape index (κ2) is 5.30. The maximum absolute atomic E-state index is 10.8. The monoisotopic (exact) mass is 158 g/mol. The van der Waals surface area contributed by atoms with Gasteiger partial charge in [-0.3, -0.25) is 4.79 Å². The van der Waals surface area contributed by atoms with Crippen molar-refractivity contribution in [1.82, 2.24) is 0 Å². The molecule has 11 heavy (non-hydrogen) atoms. The van der Waals surface area contributed by atoms with Gasteiger partial charge < -0.3 is 5.11 Å². The van der Waals surface area contributed by atoms with Crippen LogP contribution in [0.25, 0.3) is 0 Å². The molecule has 1 N–H and O–H groups in total. The number of rotatable bonds is 5. The molecule has 2 atom stereocenters. The quantitative estimate of drug-likeness (QED) is 0.662. The van der Waals surface area contributed by atoms with Crippen LogP contribution in [0.2, 0.25) is 0 Å². The average Bonchev–Trinajstić information content (AvgIpc) is 1.98. The van der Waals surface area contributed by atoms with Crippen molar-refractivity contribution in [3.63, 3.8) is 0 Å². The van der Waals surface area contributed by atoms with Gasteiger partial charge in [0.1, 0.15) is 5.78 Å². The van der Waals surface area contributed by atoms with Crippen LogP contribution in [0.3, 0.4) is 0 Å². The lowest BCUT2D eigenvalue weighted by molar-refractivity contribution is -0.123.